The Balaban J connectivity index is 1.86. The van der Waals surface area contributed by atoms with Gasteiger partial charge in [-0.25, -0.2) is 4.98 Å². The standard InChI is InChI=1S/C14H24N4O2S/c1-10-8-18(6-5-17(10)9-11(2)19)12(3)13(20)16-14-15-4-7-21-14/h4,7,10-12,19H,5-6,8-9H2,1-3H3,(H,15,16,20)/t10-,11-,12+/m0/s1. The van der Waals surface area contributed by atoms with Crippen molar-refractivity contribution >= 4 is 22.4 Å². The number of aliphatic hydroxyl groups excluding tert-OH is 1. The molecule has 3 atom stereocenters. The number of amides is 1. The lowest BCUT2D eigenvalue weighted by Crippen LogP contribution is -2.57. The molecule has 0 radical (unpaired) electrons. The molecule has 1 amide bonds. The van der Waals surface area contributed by atoms with Gasteiger partial charge in [-0.1, -0.05) is 0 Å². The Morgan fingerprint density at radius 1 is 1.57 bits per heavy atom. The van der Waals surface area contributed by atoms with Gasteiger partial charge in [0.25, 0.3) is 0 Å². The maximum atomic E-state index is 12.2. The number of aliphatic hydroxyl groups is 1. The first-order chi connectivity index (χ1) is 9.97. The van der Waals surface area contributed by atoms with Crippen LogP contribution in [0.1, 0.15) is 20.8 Å². The van der Waals surface area contributed by atoms with Crippen molar-refractivity contribution in [2.75, 3.05) is 31.5 Å². The molecule has 118 valence electrons. The molecule has 2 heterocycles. The van der Waals surface area contributed by atoms with Crippen molar-refractivity contribution in [3.05, 3.63) is 11.6 Å². The smallest absolute Gasteiger partial charge is 0.243 e. The Bertz CT molecular complexity index is 452. The van der Waals surface area contributed by atoms with Gasteiger partial charge in [0.1, 0.15) is 0 Å². The van der Waals surface area contributed by atoms with E-state index in [1.165, 1.54) is 11.3 Å². The number of β-amino-alcohol motifs (C(OH)–C–C–N with tert-alkyl or cyclic N) is 1. The largest absolute Gasteiger partial charge is 0.392 e. The van der Waals surface area contributed by atoms with Crippen LogP contribution >= 0.6 is 11.3 Å². The molecule has 2 rings (SSSR count). The van der Waals surface area contributed by atoms with Crippen LogP contribution in [0.5, 0.6) is 0 Å². The summed E-state index contributed by atoms with van der Waals surface area (Å²) in [6.07, 6.45) is 1.37. The first-order valence-corrected chi connectivity index (χ1v) is 8.22. The zero-order chi connectivity index (χ0) is 15.4. The number of rotatable bonds is 5. The van der Waals surface area contributed by atoms with Crippen LogP contribution in [0.3, 0.4) is 0 Å². The summed E-state index contributed by atoms with van der Waals surface area (Å²) >= 11 is 1.43. The highest BCUT2D eigenvalue weighted by Gasteiger charge is 2.30. The van der Waals surface area contributed by atoms with Gasteiger partial charge in [-0.15, -0.1) is 11.3 Å². The fraction of sp³-hybridized carbons (Fsp3) is 0.714. The lowest BCUT2D eigenvalue weighted by molar-refractivity contribution is -0.122. The molecule has 0 spiro atoms. The SMILES string of the molecule is C[C@H](O)CN1CCN([C@H](C)C(=O)Nc2nccs2)C[C@@H]1C. The molecule has 21 heavy (non-hydrogen) atoms. The average molecular weight is 312 g/mol. The summed E-state index contributed by atoms with van der Waals surface area (Å²) in [5, 5.41) is 14.8. The van der Waals surface area contributed by atoms with Crippen molar-refractivity contribution in [2.45, 2.75) is 39.0 Å². The maximum absolute atomic E-state index is 12.2. The van der Waals surface area contributed by atoms with E-state index in [-0.39, 0.29) is 18.1 Å². The zero-order valence-electron chi connectivity index (χ0n) is 12.8. The molecule has 1 aliphatic rings. The van der Waals surface area contributed by atoms with E-state index < -0.39 is 0 Å². The number of carbonyl (C=O) groups is 1. The van der Waals surface area contributed by atoms with Crippen LogP contribution < -0.4 is 5.32 Å². The number of piperazine rings is 1. The van der Waals surface area contributed by atoms with E-state index in [4.69, 9.17) is 0 Å². The van der Waals surface area contributed by atoms with Crippen LogP contribution in [0.2, 0.25) is 0 Å². The Kier molecular flexibility index (Phi) is 5.69. The van der Waals surface area contributed by atoms with Crippen molar-refractivity contribution in [3.8, 4) is 0 Å². The van der Waals surface area contributed by atoms with Crippen LogP contribution in [0, 0.1) is 0 Å². The van der Waals surface area contributed by atoms with E-state index in [9.17, 15) is 9.90 Å². The lowest BCUT2D eigenvalue weighted by atomic mass is 10.1. The molecule has 1 saturated heterocycles. The first-order valence-electron chi connectivity index (χ1n) is 7.34. The highest BCUT2D eigenvalue weighted by molar-refractivity contribution is 7.13. The number of nitrogens with one attached hydrogen (secondary N) is 1. The summed E-state index contributed by atoms with van der Waals surface area (Å²) in [7, 11) is 0. The monoisotopic (exact) mass is 312 g/mol. The summed E-state index contributed by atoms with van der Waals surface area (Å²) in [6, 6.07) is 0.161. The summed E-state index contributed by atoms with van der Waals surface area (Å²) < 4.78 is 0. The first kappa shape index (κ1) is 16.4. The second-order valence-corrected chi connectivity index (χ2v) is 6.58. The van der Waals surface area contributed by atoms with E-state index in [1.807, 2.05) is 19.2 Å². The molecule has 1 aromatic heterocycles. The normalized spacial score (nSPS) is 23.7. The second kappa shape index (κ2) is 7.31. The van der Waals surface area contributed by atoms with Crippen molar-refractivity contribution < 1.29 is 9.90 Å². The molecular formula is C14H24N4O2S. The molecule has 0 saturated carbocycles. The van der Waals surface area contributed by atoms with Crippen LogP contribution in [-0.2, 0) is 4.79 Å². The molecule has 1 aromatic rings. The zero-order valence-corrected chi connectivity index (χ0v) is 13.6. The molecule has 0 aliphatic carbocycles. The van der Waals surface area contributed by atoms with E-state index in [0.29, 0.717) is 17.7 Å². The molecule has 0 unspecified atom stereocenters. The fourth-order valence-electron chi connectivity index (χ4n) is 2.65. The molecular weight excluding hydrogens is 288 g/mol. The number of hydrogen-bond acceptors (Lipinski definition) is 6. The van der Waals surface area contributed by atoms with Gasteiger partial charge in [-0.05, 0) is 20.8 Å². The number of hydrogen-bond donors (Lipinski definition) is 2. The summed E-state index contributed by atoms with van der Waals surface area (Å²) in [5.41, 5.74) is 0. The van der Waals surface area contributed by atoms with E-state index >= 15 is 0 Å². The van der Waals surface area contributed by atoms with Crippen molar-refractivity contribution in [2.24, 2.45) is 0 Å². The van der Waals surface area contributed by atoms with Gasteiger partial charge >= 0.3 is 0 Å². The Labute approximate surface area is 129 Å². The van der Waals surface area contributed by atoms with E-state index in [2.05, 4.69) is 27.0 Å². The third-order valence-corrected chi connectivity index (χ3v) is 4.57. The number of carbonyl (C=O) groups excluding carboxylic acids is 1. The number of aromatic nitrogens is 1. The van der Waals surface area contributed by atoms with Gasteiger partial charge in [-0.3, -0.25) is 14.6 Å². The number of thiazole rings is 1. The van der Waals surface area contributed by atoms with Gasteiger partial charge in [0, 0.05) is 43.8 Å². The molecule has 1 aliphatic heterocycles. The minimum atomic E-state index is -0.315. The van der Waals surface area contributed by atoms with Crippen LogP contribution in [0.25, 0.3) is 0 Å². The Morgan fingerprint density at radius 2 is 2.33 bits per heavy atom. The second-order valence-electron chi connectivity index (χ2n) is 5.69. The Hall–Kier alpha value is -1.02. The summed E-state index contributed by atoms with van der Waals surface area (Å²) in [4.78, 5) is 20.8. The quantitative estimate of drug-likeness (QED) is 0.844. The molecule has 1 fully saturated rings. The Morgan fingerprint density at radius 3 is 2.90 bits per heavy atom. The van der Waals surface area contributed by atoms with Gasteiger partial charge in [0.05, 0.1) is 12.1 Å². The van der Waals surface area contributed by atoms with Gasteiger partial charge < -0.3 is 10.4 Å². The van der Waals surface area contributed by atoms with Crippen LogP contribution in [0.4, 0.5) is 5.13 Å². The highest BCUT2D eigenvalue weighted by Crippen LogP contribution is 2.15. The highest BCUT2D eigenvalue weighted by atomic mass is 32.1. The lowest BCUT2D eigenvalue weighted by Gasteiger charge is -2.42. The molecule has 2 N–H and O–H groups in total. The predicted octanol–water partition coefficient (Wildman–Crippen LogP) is 0.857. The molecule has 6 nitrogen and oxygen atoms in total. The third kappa shape index (κ3) is 4.47. The van der Waals surface area contributed by atoms with E-state index in [0.717, 1.165) is 19.6 Å². The number of anilines is 1. The molecule has 0 bridgehead atoms. The topological polar surface area (TPSA) is 68.7 Å². The summed E-state index contributed by atoms with van der Waals surface area (Å²) in [5.74, 6) is -0.0128. The fourth-order valence-corrected chi connectivity index (χ4v) is 3.18. The molecule has 7 heteroatoms. The molecule has 0 aromatic carbocycles. The van der Waals surface area contributed by atoms with Crippen molar-refractivity contribution in [3.63, 3.8) is 0 Å². The van der Waals surface area contributed by atoms with Gasteiger partial charge in [-0.2, -0.15) is 0 Å². The van der Waals surface area contributed by atoms with Gasteiger partial charge in [0.15, 0.2) is 5.13 Å². The van der Waals surface area contributed by atoms with Crippen molar-refractivity contribution in [1.29, 1.82) is 0 Å². The van der Waals surface area contributed by atoms with E-state index in [1.54, 1.807) is 6.20 Å². The van der Waals surface area contributed by atoms with Crippen LogP contribution in [-0.4, -0.2) is 70.2 Å². The summed E-state index contributed by atoms with van der Waals surface area (Å²) in [6.45, 7) is 9.11. The number of nitrogens with zero attached hydrogens (tertiary/aromatic N) is 3. The minimum Gasteiger partial charge on any atom is -0.392 e. The predicted molar refractivity (Wildman–Crippen MR) is 84.5 cm³/mol. The maximum Gasteiger partial charge on any atom is 0.243 e. The van der Waals surface area contributed by atoms with Gasteiger partial charge in [0.2, 0.25) is 5.91 Å². The van der Waals surface area contributed by atoms with Crippen LogP contribution in [0.15, 0.2) is 11.6 Å². The van der Waals surface area contributed by atoms with Crippen molar-refractivity contribution in [1.82, 2.24) is 14.8 Å². The average Bonchev–Trinajstić information content (AvgIpc) is 2.92. The minimum absolute atomic E-state index is 0.0128. The third-order valence-electron chi connectivity index (χ3n) is 3.88.